The second-order valence-electron chi connectivity index (χ2n) is 11.6. The smallest absolute Gasteiger partial charge is 0.324 e. The van der Waals surface area contributed by atoms with Crippen LogP contribution in [0, 0.1) is 5.82 Å². The van der Waals surface area contributed by atoms with E-state index < -0.39 is 11.8 Å². The van der Waals surface area contributed by atoms with Crippen molar-refractivity contribution in [3.63, 3.8) is 0 Å². The lowest BCUT2D eigenvalue weighted by molar-refractivity contribution is 0.149. The standard InChI is InChI=1S/C30H38FN9O2/c1-30(2,3)27-18-28(38(5)36-27)35-29(41)34-22-6-7-26(24(31)16-22)42-23-8-9-32-25(17-23)21-19-33-40(20-21)15-14-39-12-10-37(4)11-13-39/h6-9,16-20H,10-15H2,1-5H3,(H2,34,35,41). The summed E-state index contributed by atoms with van der Waals surface area (Å²) in [5, 5.41) is 14.3. The number of benzene rings is 1. The van der Waals surface area contributed by atoms with E-state index in [9.17, 15) is 9.18 Å². The molecule has 1 aliphatic heterocycles. The summed E-state index contributed by atoms with van der Waals surface area (Å²) in [6.07, 6.45) is 5.36. The van der Waals surface area contributed by atoms with E-state index in [4.69, 9.17) is 4.74 Å². The maximum atomic E-state index is 15.0. The van der Waals surface area contributed by atoms with Crippen LogP contribution < -0.4 is 15.4 Å². The fraction of sp³-hybridized carbons (Fsp3) is 0.400. The zero-order chi connectivity index (χ0) is 29.9. The van der Waals surface area contributed by atoms with Crippen LogP contribution in [0.5, 0.6) is 11.5 Å². The zero-order valence-corrected chi connectivity index (χ0v) is 24.8. The highest BCUT2D eigenvalue weighted by molar-refractivity contribution is 5.99. The highest BCUT2D eigenvalue weighted by Crippen LogP contribution is 2.29. The second kappa shape index (κ2) is 12.3. The lowest BCUT2D eigenvalue weighted by atomic mass is 9.92. The summed E-state index contributed by atoms with van der Waals surface area (Å²) < 4.78 is 24.3. The number of anilines is 2. The number of nitrogens with zero attached hydrogens (tertiary/aromatic N) is 7. The number of aromatic nitrogens is 5. The summed E-state index contributed by atoms with van der Waals surface area (Å²) in [7, 11) is 3.90. The number of halogens is 1. The van der Waals surface area contributed by atoms with Gasteiger partial charge in [-0.2, -0.15) is 10.2 Å². The van der Waals surface area contributed by atoms with Crippen molar-refractivity contribution < 1.29 is 13.9 Å². The van der Waals surface area contributed by atoms with Gasteiger partial charge in [-0.05, 0) is 25.2 Å². The SMILES string of the molecule is CN1CCN(CCn2cc(-c3cc(Oc4ccc(NC(=O)Nc5cc(C(C)(C)C)nn5C)cc4F)ccn3)cn2)CC1. The van der Waals surface area contributed by atoms with E-state index in [0.717, 1.165) is 50.5 Å². The first kappa shape index (κ1) is 29.2. The average Bonchev–Trinajstić information content (AvgIpc) is 3.57. The highest BCUT2D eigenvalue weighted by Gasteiger charge is 2.20. The van der Waals surface area contributed by atoms with Crippen molar-refractivity contribution in [2.45, 2.75) is 32.7 Å². The molecule has 0 spiro atoms. The molecule has 11 nitrogen and oxygen atoms in total. The fourth-order valence-corrected chi connectivity index (χ4v) is 4.58. The Morgan fingerprint density at radius 1 is 1.02 bits per heavy atom. The van der Waals surface area contributed by atoms with Crippen molar-refractivity contribution in [1.29, 1.82) is 0 Å². The van der Waals surface area contributed by atoms with E-state index in [2.05, 4.69) is 42.7 Å². The van der Waals surface area contributed by atoms with Crippen molar-refractivity contribution in [2.24, 2.45) is 7.05 Å². The molecular formula is C30H38FN9O2. The number of hydrogen-bond acceptors (Lipinski definition) is 7. The Kier molecular flexibility index (Phi) is 8.55. The molecule has 0 radical (unpaired) electrons. The third-order valence-corrected chi connectivity index (χ3v) is 7.21. The normalized spacial score (nSPS) is 14.6. The van der Waals surface area contributed by atoms with Gasteiger partial charge in [-0.15, -0.1) is 0 Å². The molecule has 12 heteroatoms. The number of piperazine rings is 1. The first-order valence-corrected chi connectivity index (χ1v) is 14.0. The van der Waals surface area contributed by atoms with Gasteiger partial charge in [0.05, 0.1) is 24.1 Å². The molecule has 3 aromatic heterocycles. The Balaban J connectivity index is 1.18. The first-order chi connectivity index (χ1) is 20.0. The molecule has 1 aliphatic rings. The van der Waals surface area contributed by atoms with Crippen LogP contribution in [0.15, 0.2) is 55.0 Å². The second-order valence-corrected chi connectivity index (χ2v) is 11.6. The number of aryl methyl sites for hydroxylation is 1. The topological polar surface area (TPSA) is 105 Å². The lowest BCUT2D eigenvalue weighted by Gasteiger charge is -2.32. The van der Waals surface area contributed by atoms with Gasteiger partial charge in [0.1, 0.15) is 11.6 Å². The minimum absolute atomic E-state index is 0.0300. The maximum Gasteiger partial charge on any atom is 0.324 e. The molecule has 0 saturated carbocycles. The molecule has 1 aromatic carbocycles. The van der Waals surface area contributed by atoms with Crippen molar-refractivity contribution >= 4 is 17.5 Å². The predicted octanol–water partition coefficient (Wildman–Crippen LogP) is 4.80. The molecule has 4 aromatic rings. The van der Waals surface area contributed by atoms with E-state index in [1.165, 1.54) is 12.1 Å². The third-order valence-electron chi connectivity index (χ3n) is 7.21. The molecule has 0 unspecified atom stereocenters. The Morgan fingerprint density at radius 2 is 1.81 bits per heavy atom. The van der Waals surface area contributed by atoms with Crippen LogP contribution >= 0.6 is 0 Å². The number of likely N-dealkylation sites (N-methyl/N-ethyl adjacent to an activating group) is 1. The van der Waals surface area contributed by atoms with Gasteiger partial charge in [0.2, 0.25) is 0 Å². The van der Waals surface area contributed by atoms with Gasteiger partial charge >= 0.3 is 6.03 Å². The van der Waals surface area contributed by atoms with Gasteiger partial charge in [0.25, 0.3) is 0 Å². The van der Waals surface area contributed by atoms with E-state index in [1.54, 1.807) is 42.3 Å². The summed E-state index contributed by atoms with van der Waals surface area (Å²) in [6, 6.07) is 9.00. The van der Waals surface area contributed by atoms with Crippen molar-refractivity contribution in [1.82, 2.24) is 34.3 Å². The molecule has 1 fully saturated rings. The van der Waals surface area contributed by atoms with Crippen LogP contribution in [0.1, 0.15) is 26.5 Å². The van der Waals surface area contributed by atoms with Crippen LogP contribution in [-0.4, -0.2) is 80.1 Å². The number of hydrogen-bond donors (Lipinski definition) is 2. The molecule has 0 aliphatic carbocycles. The molecule has 0 bridgehead atoms. The van der Waals surface area contributed by atoms with Gasteiger partial charge in [-0.3, -0.25) is 24.6 Å². The third kappa shape index (κ3) is 7.31. The van der Waals surface area contributed by atoms with E-state index in [0.29, 0.717) is 17.3 Å². The van der Waals surface area contributed by atoms with Gasteiger partial charge < -0.3 is 15.0 Å². The summed E-state index contributed by atoms with van der Waals surface area (Å²) in [5.41, 5.74) is 2.51. The number of urea groups is 1. The Morgan fingerprint density at radius 3 is 2.52 bits per heavy atom. The molecule has 222 valence electrons. The molecule has 42 heavy (non-hydrogen) atoms. The minimum atomic E-state index is -0.613. The van der Waals surface area contributed by atoms with Crippen molar-refractivity contribution in [2.75, 3.05) is 50.4 Å². The Labute approximate surface area is 245 Å². The highest BCUT2D eigenvalue weighted by atomic mass is 19.1. The Hall–Kier alpha value is -4.29. The molecule has 1 saturated heterocycles. The predicted molar refractivity (Wildman–Crippen MR) is 160 cm³/mol. The summed E-state index contributed by atoms with van der Waals surface area (Å²) in [4.78, 5) is 21.8. The van der Waals surface area contributed by atoms with Crippen LogP contribution in [0.3, 0.4) is 0 Å². The van der Waals surface area contributed by atoms with Gasteiger partial charge in [0, 0.05) is 87.0 Å². The summed E-state index contributed by atoms with van der Waals surface area (Å²) in [5.74, 6) is 0.390. The van der Waals surface area contributed by atoms with Crippen LogP contribution in [0.25, 0.3) is 11.3 Å². The summed E-state index contributed by atoms with van der Waals surface area (Å²) >= 11 is 0. The van der Waals surface area contributed by atoms with Gasteiger partial charge in [0.15, 0.2) is 11.6 Å². The zero-order valence-electron chi connectivity index (χ0n) is 24.8. The number of rotatable bonds is 8. The number of ether oxygens (including phenoxy) is 1. The largest absolute Gasteiger partial charge is 0.454 e. The molecule has 2 N–H and O–H groups in total. The average molecular weight is 576 g/mol. The minimum Gasteiger partial charge on any atom is -0.454 e. The van der Waals surface area contributed by atoms with Crippen molar-refractivity contribution in [3.05, 3.63) is 66.5 Å². The number of carbonyl (C=O) groups is 1. The van der Waals surface area contributed by atoms with E-state index in [1.807, 2.05) is 37.7 Å². The number of nitrogens with one attached hydrogen (secondary N) is 2. The summed E-state index contributed by atoms with van der Waals surface area (Å²) in [6.45, 7) is 12.2. The van der Waals surface area contributed by atoms with Crippen LogP contribution in [0.2, 0.25) is 0 Å². The molecule has 5 rings (SSSR count). The quantitative estimate of drug-likeness (QED) is 0.311. The fourth-order valence-electron chi connectivity index (χ4n) is 4.58. The van der Waals surface area contributed by atoms with Crippen LogP contribution in [0.4, 0.5) is 20.7 Å². The number of carbonyl (C=O) groups excluding carboxylic acids is 1. The monoisotopic (exact) mass is 575 g/mol. The lowest BCUT2D eigenvalue weighted by Crippen LogP contribution is -2.45. The molecule has 0 atom stereocenters. The van der Waals surface area contributed by atoms with Gasteiger partial charge in [-0.1, -0.05) is 20.8 Å². The van der Waals surface area contributed by atoms with E-state index in [-0.39, 0.29) is 16.9 Å². The molecule has 2 amide bonds. The van der Waals surface area contributed by atoms with Crippen molar-refractivity contribution in [3.8, 4) is 22.8 Å². The Bertz CT molecular complexity index is 1530. The van der Waals surface area contributed by atoms with Crippen LogP contribution in [-0.2, 0) is 19.0 Å². The number of pyridine rings is 1. The maximum absolute atomic E-state index is 15.0. The molecule has 4 heterocycles. The van der Waals surface area contributed by atoms with E-state index >= 15 is 0 Å². The van der Waals surface area contributed by atoms with Gasteiger partial charge in [-0.25, -0.2) is 9.18 Å². The first-order valence-electron chi connectivity index (χ1n) is 14.0. The number of amides is 2. The molecular weight excluding hydrogens is 537 g/mol.